The molecule has 1 unspecified atom stereocenters. The Hall–Kier alpha value is -0.640. The molecule has 0 spiro atoms. The van der Waals surface area contributed by atoms with Gasteiger partial charge in [-0.1, -0.05) is 35.7 Å². The third kappa shape index (κ3) is 3.18. The minimum absolute atomic E-state index is 0.618. The molecule has 1 aromatic rings. The van der Waals surface area contributed by atoms with E-state index in [-0.39, 0.29) is 0 Å². The second kappa shape index (κ2) is 6.34. The number of hydrogen-bond donors (Lipinski definition) is 0. The lowest BCUT2D eigenvalue weighted by atomic mass is 10.1. The van der Waals surface area contributed by atoms with Crippen molar-refractivity contribution in [1.29, 1.82) is 0 Å². The minimum atomic E-state index is 0.618. The first kappa shape index (κ1) is 12.8. The van der Waals surface area contributed by atoms with Crippen molar-refractivity contribution in [2.75, 3.05) is 11.4 Å². The van der Waals surface area contributed by atoms with Gasteiger partial charge < -0.3 is 4.90 Å². The van der Waals surface area contributed by atoms with Gasteiger partial charge in [0.1, 0.15) is 0 Å². The van der Waals surface area contributed by atoms with Crippen LogP contribution in [0.3, 0.4) is 0 Å². The maximum Gasteiger partial charge on any atom is 0.225 e. The van der Waals surface area contributed by atoms with E-state index >= 15 is 0 Å². The van der Waals surface area contributed by atoms with Crippen LogP contribution >= 0.6 is 15.9 Å². The number of anilines is 1. The van der Waals surface area contributed by atoms with Crippen LogP contribution in [0.1, 0.15) is 44.6 Å². The number of aromatic nitrogens is 2. The first-order valence-electron chi connectivity index (χ1n) is 6.48. The first-order valence-corrected chi connectivity index (χ1v) is 7.60. The summed E-state index contributed by atoms with van der Waals surface area (Å²) < 4.78 is 0. The molecule has 1 aromatic heterocycles. The van der Waals surface area contributed by atoms with Crippen molar-refractivity contribution in [3.8, 4) is 0 Å². The lowest BCUT2D eigenvalue weighted by Gasteiger charge is -2.29. The van der Waals surface area contributed by atoms with Crippen LogP contribution in [0.15, 0.2) is 12.4 Å². The van der Waals surface area contributed by atoms with Gasteiger partial charge in [0.2, 0.25) is 5.95 Å². The summed E-state index contributed by atoms with van der Waals surface area (Å²) in [5.74, 6) is 0.906. The lowest BCUT2D eigenvalue weighted by Crippen LogP contribution is -2.35. The highest BCUT2D eigenvalue weighted by atomic mass is 79.9. The van der Waals surface area contributed by atoms with Crippen LogP contribution in [-0.2, 0) is 5.33 Å². The van der Waals surface area contributed by atoms with E-state index in [0.717, 1.165) is 23.4 Å². The van der Waals surface area contributed by atoms with E-state index in [2.05, 4.69) is 37.7 Å². The molecule has 94 valence electrons. The molecule has 0 amide bonds. The molecule has 0 bridgehead atoms. The summed E-state index contributed by atoms with van der Waals surface area (Å²) in [6.07, 6.45) is 10.3. The van der Waals surface area contributed by atoms with Gasteiger partial charge in [0.25, 0.3) is 0 Å². The van der Waals surface area contributed by atoms with Crippen LogP contribution in [0.5, 0.6) is 0 Å². The Morgan fingerprint density at radius 2 is 2.06 bits per heavy atom. The second-order valence-electron chi connectivity index (χ2n) is 4.63. The summed E-state index contributed by atoms with van der Waals surface area (Å²) in [7, 11) is 0. The average Bonchev–Trinajstić information content (AvgIpc) is 2.64. The Bertz CT molecular complexity index is 339. The first-order chi connectivity index (χ1) is 8.35. The van der Waals surface area contributed by atoms with E-state index in [9.17, 15) is 0 Å². The Kier molecular flexibility index (Phi) is 4.77. The predicted octanol–water partition coefficient (Wildman–Crippen LogP) is 3.53. The fourth-order valence-electron chi connectivity index (χ4n) is 2.43. The van der Waals surface area contributed by atoms with Crippen LogP contribution in [0.25, 0.3) is 0 Å². The van der Waals surface area contributed by atoms with Gasteiger partial charge in [0.05, 0.1) is 0 Å². The average molecular weight is 298 g/mol. The highest BCUT2D eigenvalue weighted by molar-refractivity contribution is 9.08. The molecule has 1 aliphatic rings. The number of alkyl halides is 1. The van der Waals surface area contributed by atoms with E-state index in [1.54, 1.807) is 0 Å². The molecule has 0 aliphatic carbocycles. The van der Waals surface area contributed by atoms with E-state index < -0.39 is 0 Å². The molecule has 4 heteroatoms. The molecule has 1 saturated heterocycles. The van der Waals surface area contributed by atoms with E-state index in [1.807, 2.05) is 12.4 Å². The van der Waals surface area contributed by atoms with Crippen molar-refractivity contribution in [1.82, 2.24) is 9.97 Å². The fourth-order valence-corrected chi connectivity index (χ4v) is 2.72. The highest BCUT2D eigenvalue weighted by Gasteiger charge is 2.21. The SMILES string of the molecule is CCC1CCCCCN1c1ncc(CBr)cn1. The normalized spacial score (nSPS) is 21.3. The van der Waals surface area contributed by atoms with Gasteiger partial charge in [-0.3, -0.25) is 0 Å². The predicted molar refractivity (Wildman–Crippen MR) is 74.6 cm³/mol. The maximum absolute atomic E-state index is 4.50. The molecule has 1 aliphatic heterocycles. The molecule has 2 rings (SSSR count). The Morgan fingerprint density at radius 3 is 2.71 bits per heavy atom. The molecule has 17 heavy (non-hydrogen) atoms. The lowest BCUT2D eigenvalue weighted by molar-refractivity contribution is 0.547. The zero-order valence-electron chi connectivity index (χ0n) is 10.4. The van der Waals surface area contributed by atoms with Crippen molar-refractivity contribution in [3.63, 3.8) is 0 Å². The van der Waals surface area contributed by atoms with Gasteiger partial charge in [-0.15, -0.1) is 0 Å². The van der Waals surface area contributed by atoms with Gasteiger partial charge in [-0.2, -0.15) is 0 Å². The standard InChI is InChI=1S/C13H20BrN3/c1-2-12-6-4-3-5-7-17(12)13-15-9-11(8-14)10-16-13/h9-10,12H,2-8H2,1H3. The third-order valence-corrected chi connectivity index (χ3v) is 4.10. The van der Waals surface area contributed by atoms with Crippen molar-refractivity contribution >= 4 is 21.9 Å². The van der Waals surface area contributed by atoms with Gasteiger partial charge >= 0.3 is 0 Å². The summed E-state index contributed by atoms with van der Waals surface area (Å²) in [6.45, 7) is 3.36. The molecule has 0 saturated carbocycles. The number of nitrogens with zero attached hydrogens (tertiary/aromatic N) is 3. The third-order valence-electron chi connectivity index (χ3n) is 3.45. The number of rotatable bonds is 3. The topological polar surface area (TPSA) is 29.0 Å². The Balaban J connectivity index is 2.16. The van der Waals surface area contributed by atoms with Crippen molar-refractivity contribution in [3.05, 3.63) is 18.0 Å². The Morgan fingerprint density at radius 1 is 1.29 bits per heavy atom. The monoisotopic (exact) mass is 297 g/mol. The van der Waals surface area contributed by atoms with Crippen LogP contribution in [0.2, 0.25) is 0 Å². The zero-order valence-corrected chi connectivity index (χ0v) is 12.0. The molecule has 0 radical (unpaired) electrons. The maximum atomic E-state index is 4.50. The Labute approximate surface area is 112 Å². The van der Waals surface area contributed by atoms with Crippen LogP contribution < -0.4 is 4.90 Å². The van der Waals surface area contributed by atoms with Crippen LogP contribution in [-0.4, -0.2) is 22.6 Å². The molecular formula is C13H20BrN3. The molecule has 1 atom stereocenters. The van der Waals surface area contributed by atoms with Crippen molar-refractivity contribution in [2.24, 2.45) is 0 Å². The summed E-state index contributed by atoms with van der Waals surface area (Å²) in [4.78, 5) is 11.4. The summed E-state index contributed by atoms with van der Waals surface area (Å²) in [5, 5.41) is 0.824. The smallest absolute Gasteiger partial charge is 0.225 e. The summed E-state index contributed by atoms with van der Waals surface area (Å²) in [5.41, 5.74) is 1.14. The molecule has 3 nitrogen and oxygen atoms in total. The van der Waals surface area contributed by atoms with Gasteiger partial charge in [0.15, 0.2) is 0 Å². The second-order valence-corrected chi connectivity index (χ2v) is 5.19. The van der Waals surface area contributed by atoms with Crippen LogP contribution in [0.4, 0.5) is 5.95 Å². The molecule has 2 heterocycles. The molecular weight excluding hydrogens is 278 g/mol. The van der Waals surface area contributed by atoms with Gasteiger partial charge in [-0.25, -0.2) is 9.97 Å². The molecule has 0 aromatic carbocycles. The molecule has 1 fully saturated rings. The number of hydrogen-bond acceptors (Lipinski definition) is 3. The quantitative estimate of drug-likeness (QED) is 0.799. The van der Waals surface area contributed by atoms with E-state index in [4.69, 9.17) is 0 Å². The van der Waals surface area contributed by atoms with Gasteiger partial charge in [-0.05, 0) is 24.8 Å². The van der Waals surface area contributed by atoms with E-state index in [0.29, 0.717) is 6.04 Å². The summed E-state index contributed by atoms with van der Waals surface area (Å²) >= 11 is 3.42. The number of halogens is 1. The zero-order chi connectivity index (χ0) is 12.1. The highest BCUT2D eigenvalue weighted by Crippen LogP contribution is 2.23. The minimum Gasteiger partial charge on any atom is -0.338 e. The fraction of sp³-hybridized carbons (Fsp3) is 0.692. The molecule has 0 N–H and O–H groups in total. The van der Waals surface area contributed by atoms with Gasteiger partial charge in [0, 0.05) is 30.3 Å². The summed E-state index contributed by atoms with van der Waals surface area (Å²) in [6, 6.07) is 0.618. The van der Waals surface area contributed by atoms with Crippen LogP contribution in [0, 0.1) is 0 Å². The van der Waals surface area contributed by atoms with Crippen molar-refractivity contribution < 1.29 is 0 Å². The van der Waals surface area contributed by atoms with Crippen molar-refractivity contribution in [2.45, 2.75) is 50.4 Å². The largest absolute Gasteiger partial charge is 0.338 e. The van der Waals surface area contributed by atoms with E-state index in [1.165, 1.54) is 32.1 Å².